The van der Waals surface area contributed by atoms with E-state index >= 15 is 0 Å². The van der Waals surface area contributed by atoms with Crippen LogP contribution in [0.25, 0.3) is 44.5 Å². The first-order valence-corrected chi connectivity index (χ1v) is 22.3. The highest BCUT2D eigenvalue weighted by molar-refractivity contribution is 7.00. The topological polar surface area (TPSA) is 6.48 Å². The van der Waals surface area contributed by atoms with Gasteiger partial charge in [-0.05, 0) is 120 Å². The van der Waals surface area contributed by atoms with Crippen LogP contribution in [0.5, 0.6) is 0 Å². The normalized spacial score (nSPS) is 13.9. The molecule has 0 fully saturated rings. The second kappa shape index (κ2) is 15.8. The van der Waals surface area contributed by atoms with Crippen molar-refractivity contribution in [2.45, 2.75) is 46.0 Å². The molecule has 9 aromatic rings. The van der Waals surface area contributed by atoms with Gasteiger partial charge in [0, 0.05) is 34.0 Å². The molecule has 11 rings (SSSR count). The van der Waals surface area contributed by atoms with Gasteiger partial charge in [0.2, 0.25) is 0 Å². The van der Waals surface area contributed by atoms with Crippen LogP contribution in [0.2, 0.25) is 0 Å². The Morgan fingerprint density at radius 3 is 1.70 bits per heavy atom. The van der Waals surface area contributed by atoms with Gasteiger partial charge in [0.1, 0.15) is 0 Å². The van der Waals surface area contributed by atoms with Crippen LogP contribution in [0.1, 0.15) is 58.5 Å². The number of rotatable bonds is 7. The van der Waals surface area contributed by atoms with E-state index in [-0.39, 0.29) is 41.9 Å². The van der Waals surface area contributed by atoms with Crippen molar-refractivity contribution >= 4 is 57.2 Å². The molecule has 2 nitrogen and oxygen atoms in total. The number of benzene rings is 9. The van der Waals surface area contributed by atoms with Crippen molar-refractivity contribution in [2.75, 3.05) is 9.80 Å². The lowest BCUT2D eigenvalue weighted by Crippen LogP contribution is -2.61. The third kappa shape index (κ3) is 6.75. The van der Waals surface area contributed by atoms with Gasteiger partial charge in [-0.3, -0.25) is 0 Å². The van der Waals surface area contributed by atoms with E-state index in [1.54, 1.807) is 0 Å². The lowest BCUT2D eigenvalue weighted by molar-refractivity contribution is 0.591. The van der Waals surface area contributed by atoms with Crippen molar-refractivity contribution in [2.24, 2.45) is 0 Å². The number of hydrogen-bond acceptors (Lipinski definition) is 2. The summed E-state index contributed by atoms with van der Waals surface area (Å²) in [4.78, 5) is 4.69. The molecule has 0 saturated heterocycles. The van der Waals surface area contributed by atoms with Gasteiger partial charge in [-0.2, -0.15) is 0 Å². The number of fused-ring (bicyclic) bond motifs is 4. The molecule has 0 amide bonds. The Balaban J connectivity index is 1.29. The van der Waals surface area contributed by atoms with E-state index in [1.165, 1.54) is 22.2 Å². The summed E-state index contributed by atoms with van der Waals surface area (Å²) in [6, 6.07) is 63.1. The zero-order chi connectivity index (χ0) is 47.9. The first-order chi connectivity index (χ1) is 33.3. The molecule has 0 radical (unpaired) electrons. The Bertz CT molecular complexity index is 3450. The molecular weight excluding hydrogens is 771 g/mol. The molecule has 0 unspecified atom stereocenters. The Morgan fingerprint density at radius 2 is 1.00 bits per heavy atom. The summed E-state index contributed by atoms with van der Waals surface area (Å²) in [5.41, 5.74) is 18.8. The van der Waals surface area contributed by atoms with E-state index in [4.69, 9.17) is 4.11 Å². The molecule has 0 spiro atoms. The van der Waals surface area contributed by atoms with E-state index in [2.05, 4.69) is 214 Å². The summed E-state index contributed by atoms with van der Waals surface area (Å²) >= 11 is 0. The highest BCUT2D eigenvalue weighted by Crippen LogP contribution is 2.49. The summed E-state index contributed by atoms with van der Waals surface area (Å²) in [5, 5.41) is 0. The first-order valence-electron chi connectivity index (χ1n) is 24.8. The minimum absolute atomic E-state index is 0.155. The monoisotopic (exact) mass is 827 g/mol. The van der Waals surface area contributed by atoms with E-state index in [0.29, 0.717) is 11.5 Å². The lowest BCUT2D eigenvalue weighted by Gasteiger charge is -2.45. The first kappa shape index (κ1) is 34.2. The fourth-order valence-electron chi connectivity index (χ4n) is 9.94. The highest BCUT2D eigenvalue weighted by atomic mass is 15.2. The summed E-state index contributed by atoms with van der Waals surface area (Å²) in [6.07, 6.45) is 0. The quantitative estimate of drug-likeness (QED) is 0.148. The van der Waals surface area contributed by atoms with E-state index in [1.807, 2.05) is 12.1 Å². The zero-order valence-corrected chi connectivity index (χ0v) is 36.9. The largest absolute Gasteiger partial charge is 0.311 e. The van der Waals surface area contributed by atoms with Crippen molar-refractivity contribution < 1.29 is 6.85 Å². The molecule has 9 aromatic carbocycles. The van der Waals surface area contributed by atoms with Crippen LogP contribution < -0.4 is 26.2 Å². The fourth-order valence-corrected chi connectivity index (χ4v) is 9.94. The van der Waals surface area contributed by atoms with Crippen molar-refractivity contribution in [1.82, 2.24) is 0 Å². The molecule has 0 atom stereocenters. The molecule has 3 heteroatoms. The van der Waals surface area contributed by atoms with E-state index in [9.17, 15) is 2.74 Å². The number of nitrogens with zero attached hydrogens (tertiary/aromatic N) is 2. The third-order valence-corrected chi connectivity index (χ3v) is 13.1. The SMILES string of the molecule is [2H]c1c([2H])c([2H])c(-c2cc3c4c(c2)N(c2ccccc2-c2ccccc2)c2ccc(C(C)(C)C)cc2B4c2cc(-c4ccccc4C(C)C)ccc2N3c2ccc(-c3ccccc3)cc2)c([2H])c1[2H]. The van der Waals surface area contributed by atoms with Gasteiger partial charge in [0.15, 0.2) is 0 Å². The standard InChI is InChI=1S/C61H51BN2/c1-41(2)50-25-15-16-26-51(50)46-31-35-56-53(37-46)62-54-40-48(61(3,4)5)32-36-57(54)64(55-28-18-17-27-52(55)45-23-13-8-14-24-45)59-39-47(43-21-11-7-12-22-43)38-58(60(59)62)63(56)49-33-29-44(30-34-49)42-19-9-6-10-20-42/h6-41H,1-5H3/i7D,11D,12D,21D,22D. The smallest absolute Gasteiger partial charge is 0.252 e. The molecular formula is C61H51BN2. The van der Waals surface area contributed by atoms with Crippen molar-refractivity contribution in [3.05, 3.63) is 223 Å². The maximum Gasteiger partial charge on any atom is 0.252 e. The fraction of sp³-hybridized carbons (Fsp3) is 0.115. The average molecular weight is 828 g/mol. The van der Waals surface area contributed by atoms with Crippen molar-refractivity contribution in [3.63, 3.8) is 0 Å². The van der Waals surface area contributed by atoms with Gasteiger partial charge in [-0.25, -0.2) is 0 Å². The van der Waals surface area contributed by atoms with Gasteiger partial charge in [-0.1, -0.05) is 204 Å². The van der Waals surface area contributed by atoms with Gasteiger partial charge >= 0.3 is 0 Å². The molecule has 64 heavy (non-hydrogen) atoms. The Labute approximate surface area is 386 Å². The molecule has 2 aliphatic heterocycles. The highest BCUT2D eigenvalue weighted by Gasteiger charge is 2.44. The molecule has 2 heterocycles. The van der Waals surface area contributed by atoms with Crippen LogP contribution in [-0.2, 0) is 5.41 Å². The predicted molar refractivity (Wildman–Crippen MR) is 275 cm³/mol. The molecule has 0 aromatic heterocycles. The molecule has 0 bridgehead atoms. The minimum atomic E-state index is -0.418. The van der Waals surface area contributed by atoms with Gasteiger partial charge in [0.05, 0.1) is 12.5 Å². The van der Waals surface area contributed by atoms with E-state index in [0.717, 1.165) is 72.9 Å². The number of hydrogen-bond donors (Lipinski definition) is 0. The summed E-state index contributed by atoms with van der Waals surface area (Å²) in [6.45, 7) is 11.1. The maximum absolute atomic E-state index is 9.34. The zero-order valence-electron chi connectivity index (χ0n) is 41.9. The van der Waals surface area contributed by atoms with Gasteiger partial charge in [-0.15, -0.1) is 0 Å². The molecule has 308 valence electrons. The maximum atomic E-state index is 9.34. The third-order valence-electron chi connectivity index (χ3n) is 13.1. The Kier molecular flexibility index (Phi) is 8.42. The summed E-state index contributed by atoms with van der Waals surface area (Å²) in [7, 11) is 0. The molecule has 2 aliphatic rings. The minimum Gasteiger partial charge on any atom is -0.311 e. The van der Waals surface area contributed by atoms with Crippen LogP contribution in [-0.4, -0.2) is 6.71 Å². The Hall–Kier alpha value is -7.36. The van der Waals surface area contributed by atoms with Crippen molar-refractivity contribution in [3.8, 4) is 44.5 Å². The molecule has 0 saturated carbocycles. The molecule has 0 N–H and O–H groups in total. The van der Waals surface area contributed by atoms with Gasteiger partial charge in [0.25, 0.3) is 6.71 Å². The Morgan fingerprint density at radius 1 is 0.438 bits per heavy atom. The number of para-hydroxylation sites is 1. The van der Waals surface area contributed by atoms with Crippen LogP contribution in [0.3, 0.4) is 0 Å². The average Bonchev–Trinajstić information content (AvgIpc) is 3.37. The predicted octanol–water partition coefficient (Wildman–Crippen LogP) is 14.9. The van der Waals surface area contributed by atoms with Crippen LogP contribution >= 0.6 is 0 Å². The summed E-state index contributed by atoms with van der Waals surface area (Å²) in [5.74, 6) is 0.312. The lowest BCUT2D eigenvalue weighted by atomic mass is 9.33. The van der Waals surface area contributed by atoms with E-state index < -0.39 is 6.04 Å². The van der Waals surface area contributed by atoms with Crippen LogP contribution in [0.15, 0.2) is 212 Å². The molecule has 0 aliphatic carbocycles. The summed E-state index contributed by atoms with van der Waals surface area (Å²) < 4.78 is 44.9. The second-order valence-electron chi connectivity index (χ2n) is 18.4. The van der Waals surface area contributed by atoms with Crippen LogP contribution in [0, 0.1) is 0 Å². The van der Waals surface area contributed by atoms with Crippen LogP contribution in [0.4, 0.5) is 34.1 Å². The van der Waals surface area contributed by atoms with Crippen molar-refractivity contribution in [1.29, 1.82) is 0 Å². The second-order valence-corrected chi connectivity index (χ2v) is 18.4. The number of anilines is 6. The van der Waals surface area contributed by atoms with Gasteiger partial charge < -0.3 is 9.80 Å².